The normalized spacial score (nSPS) is 19.1. The average Bonchev–Trinajstić information content (AvgIpc) is 2.27. The van der Waals surface area contributed by atoms with Crippen molar-refractivity contribution in [1.82, 2.24) is 9.80 Å². The number of azide groups is 1. The van der Waals surface area contributed by atoms with Crippen LogP contribution in [0.2, 0.25) is 0 Å². The van der Waals surface area contributed by atoms with Crippen molar-refractivity contribution < 1.29 is 4.79 Å². The van der Waals surface area contributed by atoms with Crippen LogP contribution < -0.4 is 0 Å². The van der Waals surface area contributed by atoms with Gasteiger partial charge in [-0.25, -0.2) is 0 Å². The van der Waals surface area contributed by atoms with Crippen molar-refractivity contribution >= 4 is 5.91 Å². The van der Waals surface area contributed by atoms with Gasteiger partial charge in [-0.3, -0.25) is 9.69 Å². The highest BCUT2D eigenvalue weighted by Gasteiger charge is 2.30. The van der Waals surface area contributed by atoms with E-state index in [9.17, 15) is 4.79 Å². The number of carbonyl (C=O) groups excluding carboxylic acids is 1. The highest BCUT2D eigenvalue weighted by Crippen LogP contribution is 2.27. The van der Waals surface area contributed by atoms with E-state index in [0.29, 0.717) is 17.1 Å². The van der Waals surface area contributed by atoms with Crippen molar-refractivity contribution in [2.75, 3.05) is 13.7 Å². The zero-order valence-electron chi connectivity index (χ0n) is 9.34. The van der Waals surface area contributed by atoms with Gasteiger partial charge >= 0.3 is 0 Å². The van der Waals surface area contributed by atoms with E-state index in [1.54, 1.807) is 24.9 Å². The maximum Gasteiger partial charge on any atom is 0.260 e. The fourth-order valence-electron chi connectivity index (χ4n) is 1.45. The fourth-order valence-corrected chi connectivity index (χ4v) is 1.45. The number of hydrogen-bond donors (Lipinski definition) is 0. The summed E-state index contributed by atoms with van der Waals surface area (Å²) in [7, 11) is 1.61. The van der Waals surface area contributed by atoms with Gasteiger partial charge in [-0.1, -0.05) is 24.3 Å². The molecule has 84 valence electrons. The summed E-state index contributed by atoms with van der Waals surface area (Å²) in [5.74, 6) is 0.294. The Morgan fingerprint density at radius 2 is 2.19 bits per heavy atom. The van der Waals surface area contributed by atoms with Crippen LogP contribution in [0.25, 0.3) is 10.4 Å². The van der Waals surface area contributed by atoms with Gasteiger partial charge in [0.2, 0.25) is 0 Å². The third-order valence-electron chi connectivity index (χ3n) is 2.43. The number of amides is 1. The molecule has 0 unspecified atom stereocenters. The lowest BCUT2D eigenvalue weighted by Crippen LogP contribution is -2.43. The number of carbonyl (C=O) groups is 1. The van der Waals surface area contributed by atoms with Crippen molar-refractivity contribution in [3.63, 3.8) is 0 Å². The smallest absolute Gasteiger partial charge is 0.260 e. The largest absolute Gasteiger partial charge is 0.322 e. The average molecular weight is 219 g/mol. The minimum atomic E-state index is -0.158. The Balaban J connectivity index is 3.10. The minimum Gasteiger partial charge on any atom is -0.322 e. The zero-order chi connectivity index (χ0) is 12.3. The third-order valence-corrected chi connectivity index (χ3v) is 2.43. The molecule has 0 saturated carbocycles. The highest BCUT2D eigenvalue weighted by molar-refractivity contribution is 5.99. The van der Waals surface area contributed by atoms with E-state index in [2.05, 4.69) is 23.2 Å². The number of hydrogen-bond acceptors (Lipinski definition) is 3. The molecule has 1 aliphatic heterocycles. The standard InChI is InChI=1S/C10H13N5O/c1-5-9-7(2)15(6-12-13-11)8(3)14(4)10(9)16/h5H,2-3,6H2,1,4H3/b9-5-. The number of likely N-dealkylation sites (N-methyl/N-ethyl adjacent to an activating group) is 1. The molecule has 0 bridgehead atoms. The summed E-state index contributed by atoms with van der Waals surface area (Å²) in [5.41, 5.74) is 9.28. The predicted octanol–water partition coefficient (Wildman–Crippen LogP) is 1.96. The summed E-state index contributed by atoms with van der Waals surface area (Å²) in [6.07, 6.45) is 1.68. The van der Waals surface area contributed by atoms with E-state index in [0.717, 1.165) is 0 Å². The summed E-state index contributed by atoms with van der Waals surface area (Å²) >= 11 is 0. The van der Waals surface area contributed by atoms with Crippen molar-refractivity contribution in [2.24, 2.45) is 5.11 Å². The highest BCUT2D eigenvalue weighted by atomic mass is 16.2. The SMILES string of the molecule is C=C1/C(=C/C)C(=O)N(C)C(=C)N1CN=[N+]=[N-]. The van der Waals surface area contributed by atoms with Crippen LogP contribution in [-0.4, -0.2) is 29.4 Å². The van der Waals surface area contributed by atoms with E-state index in [1.165, 1.54) is 4.90 Å². The number of nitrogens with zero attached hydrogens (tertiary/aromatic N) is 5. The molecule has 0 atom stereocenters. The molecule has 0 aromatic rings. The Labute approximate surface area is 93.8 Å². The molecular weight excluding hydrogens is 206 g/mol. The topological polar surface area (TPSA) is 72.3 Å². The van der Waals surface area contributed by atoms with Crippen molar-refractivity contribution in [3.8, 4) is 0 Å². The first kappa shape index (κ1) is 11.9. The first-order valence-electron chi connectivity index (χ1n) is 4.65. The molecule has 0 aromatic heterocycles. The lowest BCUT2D eigenvalue weighted by atomic mass is 10.1. The van der Waals surface area contributed by atoms with Gasteiger partial charge in [0.1, 0.15) is 12.5 Å². The Hall–Kier alpha value is -2.20. The summed E-state index contributed by atoms with van der Waals surface area (Å²) in [6, 6.07) is 0. The van der Waals surface area contributed by atoms with Crippen molar-refractivity contribution in [1.29, 1.82) is 0 Å². The molecule has 1 heterocycles. The molecule has 1 rings (SSSR count). The predicted molar refractivity (Wildman–Crippen MR) is 60.7 cm³/mol. The van der Waals surface area contributed by atoms with Crippen LogP contribution >= 0.6 is 0 Å². The second kappa shape index (κ2) is 4.55. The van der Waals surface area contributed by atoms with Crippen LogP contribution in [0.4, 0.5) is 0 Å². The molecule has 1 saturated heterocycles. The van der Waals surface area contributed by atoms with Crippen LogP contribution in [0.3, 0.4) is 0 Å². The van der Waals surface area contributed by atoms with Crippen LogP contribution in [0.15, 0.2) is 41.4 Å². The van der Waals surface area contributed by atoms with E-state index in [1.807, 2.05) is 0 Å². The lowest BCUT2D eigenvalue weighted by Gasteiger charge is -2.38. The van der Waals surface area contributed by atoms with Gasteiger partial charge in [0.05, 0.1) is 5.57 Å². The van der Waals surface area contributed by atoms with Crippen molar-refractivity contribution in [2.45, 2.75) is 6.92 Å². The summed E-state index contributed by atoms with van der Waals surface area (Å²) in [6.45, 7) is 9.39. The molecule has 0 radical (unpaired) electrons. The van der Waals surface area contributed by atoms with Crippen LogP contribution in [0.5, 0.6) is 0 Å². The first-order chi connectivity index (χ1) is 7.54. The van der Waals surface area contributed by atoms with Gasteiger partial charge in [0.25, 0.3) is 5.91 Å². The minimum absolute atomic E-state index is 0.0725. The molecule has 0 N–H and O–H groups in total. The monoisotopic (exact) mass is 219 g/mol. The molecular formula is C10H13N5O. The van der Waals surface area contributed by atoms with Crippen LogP contribution in [0.1, 0.15) is 6.92 Å². The lowest BCUT2D eigenvalue weighted by molar-refractivity contribution is -0.126. The molecule has 16 heavy (non-hydrogen) atoms. The van der Waals surface area contributed by atoms with Crippen LogP contribution in [0, 0.1) is 0 Å². The maximum atomic E-state index is 11.8. The number of rotatable bonds is 2. The van der Waals surface area contributed by atoms with Crippen LogP contribution in [-0.2, 0) is 4.79 Å². The van der Waals surface area contributed by atoms with E-state index in [-0.39, 0.29) is 12.6 Å². The van der Waals surface area contributed by atoms with Gasteiger partial charge in [-0.15, -0.1) is 0 Å². The van der Waals surface area contributed by atoms with Gasteiger partial charge in [0.15, 0.2) is 0 Å². The summed E-state index contributed by atoms with van der Waals surface area (Å²) in [5, 5.41) is 3.44. The Morgan fingerprint density at radius 3 is 2.69 bits per heavy atom. The molecule has 1 amide bonds. The van der Waals surface area contributed by atoms with E-state index >= 15 is 0 Å². The maximum absolute atomic E-state index is 11.8. The molecule has 0 aliphatic carbocycles. The molecule has 0 spiro atoms. The van der Waals surface area contributed by atoms with E-state index < -0.39 is 0 Å². The van der Waals surface area contributed by atoms with Gasteiger partial charge in [-0.05, 0) is 12.5 Å². The second-order valence-corrected chi connectivity index (χ2v) is 3.23. The first-order valence-corrected chi connectivity index (χ1v) is 4.65. The Kier molecular flexibility index (Phi) is 3.37. The van der Waals surface area contributed by atoms with Gasteiger partial charge < -0.3 is 4.90 Å². The van der Waals surface area contributed by atoms with Gasteiger partial charge in [0, 0.05) is 17.7 Å². The molecule has 0 aromatic carbocycles. The van der Waals surface area contributed by atoms with E-state index in [4.69, 9.17) is 5.53 Å². The Morgan fingerprint density at radius 1 is 1.56 bits per heavy atom. The van der Waals surface area contributed by atoms with Gasteiger partial charge in [-0.2, -0.15) is 0 Å². The Bertz CT molecular complexity index is 430. The zero-order valence-corrected chi connectivity index (χ0v) is 9.34. The molecule has 1 aliphatic rings. The quantitative estimate of drug-likeness (QED) is 0.308. The third kappa shape index (κ3) is 1.78. The van der Waals surface area contributed by atoms with Crippen molar-refractivity contribution in [3.05, 3.63) is 46.8 Å². The fraction of sp³-hybridized carbons (Fsp3) is 0.300. The summed E-state index contributed by atoms with van der Waals surface area (Å²) < 4.78 is 0. The molecule has 6 nitrogen and oxygen atoms in total. The summed E-state index contributed by atoms with van der Waals surface area (Å²) in [4.78, 5) is 17.5. The molecule has 1 fully saturated rings. The molecule has 6 heteroatoms. The number of allylic oxidation sites excluding steroid dienone is 1. The second-order valence-electron chi connectivity index (χ2n) is 3.23.